The van der Waals surface area contributed by atoms with E-state index in [4.69, 9.17) is 32.7 Å². The van der Waals surface area contributed by atoms with E-state index < -0.39 is 17.7 Å². The van der Waals surface area contributed by atoms with Crippen LogP contribution in [0.15, 0.2) is 24.4 Å². The Hall–Kier alpha value is -2.58. The maximum atomic E-state index is 12.3. The van der Waals surface area contributed by atoms with Crippen molar-refractivity contribution in [1.82, 2.24) is 15.3 Å². The molecular formula is C20H24Cl2N4O4. The number of nitrogens with zero attached hydrogens (tertiary/aromatic N) is 2. The second-order valence-electron chi connectivity index (χ2n) is 7.16. The molecule has 1 amide bonds. The van der Waals surface area contributed by atoms with Gasteiger partial charge >= 0.3 is 12.1 Å². The summed E-state index contributed by atoms with van der Waals surface area (Å²) in [5.41, 5.74) is 0.434. The molecule has 8 nitrogen and oxygen atoms in total. The number of carbonyl (C=O) groups excluding carboxylic acids is 2. The summed E-state index contributed by atoms with van der Waals surface area (Å²) in [7, 11) is 0. The number of aromatic nitrogens is 2. The highest BCUT2D eigenvalue weighted by Gasteiger charge is 2.20. The van der Waals surface area contributed by atoms with Crippen LogP contribution in [-0.2, 0) is 9.47 Å². The number of halogens is 2. The fraction of sp³-hybridized carbons (Fsp3) is 0.400. The summed E-state index contributed by atoms with van der Waals surface area (Å²) < 4.78 is 10.3. The zero-order chi connectivity index (χ0) is 22.3. The molecule has 0 bridgehead atoms. The first-order valence-electron chi connectivity index (χ1n) is 9.31. The molecule has 0 saturated heterocycles. The first-order valence-corrected chi connectivity index (χ1v) is 10.1. The quantitative estimate of drug-likeness (QED) is 0.466. The Bertz CT molecular complexity index is 916. The summed E-state index contributed by atoms with van der Waals surface area (Å²) in [6.07, 6.45) is 0.853. The van der Waals surface area contributed by atoms with E-state index in [1.165, 1.54) is 6.20 Å². The highest BCUT2D eigenvalue weighted by molar-refractivity contribution is 6.36. The number of amides is 1. The number of alkyl carbamates (subject to hydrolysis) is 1. The molecule has 30 heavy (non-hydrogen) atoms. The predicted molar refractivity (Wildman–Crippen MR) is 116 cm³/mol. The zero-order valence-corrected chi connectivity index (χ0v) is 18.7. The van der Waals surface area contributed by atoms with Gasteiger partial charge in [-0.3, -0.25) is 0 Å². The molecule has 0 saturated carbocycles. The minimum absolute atomic E-state index is 0.179. The predicted octanol–water partition coefficient (Wildman–Crippen LogP) is 4.56. The van der Waals surface area contributed by atoms with Crippen LogP contribution in [0.5, 0.6) is 0 Å². The van der Waals surface area contributed by atoms with E-state index >= 15 is 0 Å². The number of benzene rings is 1. The molecule has 1 aromatic heterocycles. The monoisotopic (exact) mass is 454 g/mol. The molecule has 10 heteroatoms. The van der Waals surface area contributed by atoms with E-state index in [9.17, 15) is 9.59 Å². The van der Waals surface area contributed by atoms with Crippen molar-refractivity contribution < 1.29 is 19.1 Å². The average molecular weight is 455 g/mol. The van der Waals surface area contributed by atoms with Crippen LogP contribution in [0.2, 0.25) is 10.0 Å². The van der Waals surface area contributed by atoms with E-state index in [0.717, 1.165) is 0 Å². The Morgan fingerprint density at radius 3 is 2.53 bits per heavy atom. The topological polar surface area (TPSA) is 102 Å². The summed E-state index contributed by atoms with van der Waals surface area (Å²) in [5.74, 6) is -0.299. The third-order valence-electron chi connectivity index (χ3n) is 3.55. The molecule has 0 unspecified atom stereocenters. The molecule has 1 aromatic carbocycles. The van der Waals surface area contributed by atoms with Gasteiger partial charge in [-0.05, 0) is 45.9 Å². The zero-order valence-electron chi connectivity index (χ0n) is 17.2. The summed E-state index contributed by atoms with van der Waals surface area (Å²) in [6, 6.07) is 4.88. The van der Waals surface area contributed by atoms with Crippen LogP contribution < -0.4 is 10.6 Å². The Morgan fingerprint density at radius 1 is 1.17 bits per heavy atom. The number of esters is 1. The van der Waals surface area contributed by atoms with E-state index in [1.54, 1.807) is 45.9 Å². The van der Waals surface area contributed by atoms with Crippen LogP contribution >= 0.6 is 23.2 Å². The van der Waals surface area contributed by atoms with Crippen molar-refractivity contribution in [3.63, 3.8) is 0 Å². The minimum Gasteiger partial charge on any atom is -0.462 e. The molecule has 0 radical (unpaired) electrons. The second kappa shape index (κ2) is 10.4. The Balaban J connectivity index is 2.16. The van der Waals surface area contributed by atoms with Gasteiger partial charge in [-0.25, -0.2) is 19.6 Å². The summed E-state index contributed by atoms with van der Waals surface area (Å²) in [4.78, 5) is 32.6. The number of ether oxygens (including phenoxy) is 2. The SMILES string of the molecule is CCOC(=O)c1cnc(NCCNC(=O)OC(C)(C)C)nc1-c1ccc(Cl)cc1Cl. The van der Waals surface area contributed by atoms with Gasteiger partial charge in [0.25, 0.3) is 0 Å². The number of hydrogen-bond acceptors (Lipinski definition) is 7. The molecule has 0 aliphatic heterocycles. The molecule has 0 atom stereocenters. The molecule has 162 valence electrons. The maximum absolute atomic E-state index is 12.3. The van der Waals surface area contributed by atoms with Crippen molar-refractivity contribution in [2.45, 2.75) is 33.3 Å². The third-order valence-corrected chi connectivity index (χ3v) is 4.09. The standard InChI is InChI=1S/C20H24Cl2N4O4/c1-5-29-17(27)14-11-25-18(23-8-9-24-19(28)30-20(2,3)4)26-16(14)13-7-6-12(21)10-15(13)22/h6-7,10-11H,5,8-9H2,1-4H3,(H,24,28)(H,23,25,26). The first-order chi connectivity index (χ1) is 14.1. The molecule has 0 fully saturated rings. The van der Waals surface area contributed by atoms with Gasteiger partial charge in [0.2, 0.25) is 5.95 Å². The van der Waals surface area contributed by atoms with Gasteiger partial charge in [-0.2, -0.15) is 0 Å². The molecule has 0 aliphatic rings. The Labute approximate surface area is 185 Å². The Kier molecular flexibility index (Phi) is 8.25. The summed E-state index contributed by atoms with van der Waals surface area (Å²) in [5, 5.41) is 6.41. The van der Waals surface area contributed by atoms with Crippen molar-refractivity contribution in [3.8, 4) is 11.3 Å². The van der Waals surface area contributed by atoms with Gasteiger partial charge in [0.1, 0.15) is 11.2 Å². The van der Waals surface area contributed by atoms with Gasteiger partial charge in [0.05, 0.1) is 17.3 Å². The van der Waals surface area contributed by atoms with Gasteiger partial charge in [0, 0.05) is 29.9 Å². The number of rotatable bonds is 7. The van der Waals surface area contributed by atoms with Crippen molar-refractivity contribution in [2.24, 2.45) is 0 Å². The van der Waals surface area contributed by atoms with Crippen LogP contribution in [0, 0.1) is 0 Å². The lowest BCUT2D eigenvalue weighted by Crippen LogP contribution is -2.35. The number of anilines is 1. The maximum Gasteiger partial charge on any atom is 0.407 e. The van der Waals surface area contributed by atoms with Crippen LogP contribution in [0.25, 0.3) is 11.3 Å². The van der Waals surface area contributed by atoms with Gasteiger partial charge in [0.15, 0.2) is 0 Å². The molecule has 0 aliphatic carbocycles. The van der Waals surface area contributed by atoms with Crippen LogP contribution in [-0.4, -0.2) is 47.3 Å². The van der Waals surface area contributed by atoms with Crippen molar-refractivity contribution in [1.29, 1.82) is 0 Å². The molecule has 1 heterocycles. The van der Waals surface area contributed by atoms with E-state index in [2.05, 4.69) is 20.6 Å². The fourth-order valence-corrected chi connectivity index (χ4v) is 2.86. The van der Waals surface area contributed by atoms with E-state index in [0.29, 0.717) is 27.8 Å². The largest absolute Gasteiger partial charge is 0.462 e. The van der Waals surface area contributed by atoms with E-state index in [-0.39, 0.29) is 24.7 Å². The lowest BCUT2D eigenvalue weighted by atomic mass is 10.1. The highest BCUT2D eigenvalue weighted by Crippen LogP contribution is 2.32. The van der Waals surface area contributed by atoms with Crippen LogP contribution in [0.4, 0.5) is 10.7 Å². The van der Waals surface area contributed by atoms with Gasteiger partial charge in [-0.1, -0.05) is 23.2 Å². The number of hydrogen-bond donors (Lipinski definition) is 2. The smallest absolute Gasteiger partial charge is 0.407 e. The fourth-order valence-electron chi connectivity index (χ4n) is 2.37. The highest BCUT2D eigenvalue weighted by atomic mass is 35.5. The van der Waals surface area contributed by atoms with Crippen LogP contribution in [0.3, 0.4) is 0 Å². The molecule has 2 N–H and O–H groups in total. The summed E-state index contributed by atoms with van der Waals surface area (Å²) >= 11 is 12.3. The molecular weight excluding hydrogens is 431 g/mol. The van der Waals surface area contributed by atoms with Crippen molar-refractivity contribution >= 4 is 41.2 Å². The van der Waals surface area contributed by atoms with Gasteiger partial charge < -0.3 is 20.1 Å². The van der Waals surface area contributed by atoms with E-state index in [1.807, 2.05) is 0 Å². The number of carbonyl (C=O) groups is 2. The normalized spacial score (nSPS) is 11.0. The van der Waals surface area contributed by atoms with Gasteiger partial charge in [-0.15, -0.1) is 0 Å². The molecule has 0 spiro atoms. The Morgan fingerprint density at radius 2 is 1.90 bits per heavy atom. The average Bonchev–Trinajstić information content (AvgIpc) is 2.64. The lowest BCUT2D eigenvalue weighted by Gasteiger charge is -2.19. The molecule has 2 rings (SSSR count). The second-order valence-corrected chi connectivity index (χ2v) is 8.00. The lowest BCUT2D eigenvalue weighted by molar-refractivity contribution is 0.0517. The van der Waals surface area contributed by atoms with Crippen molar-refractivity contribution in [3.05, 3.63) is 40.0 Å². The van der Waals surface area contributed by atoms with Crippen molar-refractivity contribution in [2.75, 3.05) is 25.0 Å². The van der Waals surface area contributed by atoms with Crippen LogP contribution in [0.1, 0.15) is 38.1 Å². The third kappa shape index (κ3) is 7.03. The number of nitrogens with one attached hydrogen (secondary N) is 2. The minimum atomic E-state index is -0.573. The first kappa shape index (κ1) is 23.7. The summed E-state index contributed by atoms with van der Waals surface area (Å²) in [6.45, 7) is 7.90. The molecule has 2 aromatic rings.